The van der Waals surface area contributed by atoms with Crippen LogP contribution in [-0.2, 0) is 24.0 Å². The van der Waals surface area contributed by atoms with Crippen LogP contribution in [0.3, 0.4) is 0 Å². The zero-order chi connectivity index (χ0) is 27.3. The second-order valence-electron chi connectivity index (χ2n) is 8.66. The molecule has 13 N–H and O–H groups in total. The molecular weight excluding hydrogens is 474 g/mol. The van der Waals surface area contributed by atoms with Crippen molar-refractivity contribution < 1.29 is 29.1 Å². The number of carboxylic acid groups (broad SMARTS) is 1. The highest BCUT2D eigenvalue weighted by Gasteiger charge is 2.38. The van der Waals surface area contributed by atoms with Gasteiger partial charge < -0.3 is 49.3 Å². The number of carbonyl (C=O) groups excluding carboxylic acids is 4. The van der Waals surface area contributed by atoms with E-state index in [1.54, 1.807) is 0 Å². The van der Waals surface area contributed by atoms with Gasteiger partial charge in [0.1, 0.15) is 18.1 Å². The van der Waals surface area contributed by atoms with Crippen LogP contribution in [0.25, 0.3) is 0 Å². The quantitative estimate of drug-likeness (QED) is 0.0570. The maximum atomic E-state index is 13.2. The SMILES string of the molecule is NCCCCC(NC(=O)C(N)CC(N)=O)C(=O)NC(CCCN=C(N)N)C(=O)N1CCCC1C(=O)O. The van der Waals surface area contributed by atoms with Crippen molar-refractivity contribution in [3.63, 3.8) is 0 Å². The molecule has 1 aliphatic heterocycles. The minimum Gasteiger partial charge on any atom is -0.480 e. The van der Waals surface area contributed by atoms with Gasteiger partial charge in [0.05, 0.1) is 12.5 Å². The van der Waals surface area contributed by atoms with Gasteiger partial charge in [0.25, 0.3) is 0 Å². The van der Waals surface area contributed by atoms with Gasteiger partial charge in [-0.1, -0.05) is 0 Å². The van der Waals surface area contributed by atoms with E-state index >= 15 is 0 Å². The summed E-state index contributed by atoms with van der Waals surface area (Å²) in [6, 6.07) is -4.36. The lowest BCUT2D eigenvalue weighted by molar-refractivity contribution is -0.149. The van der Waals surface area contributed by atoms with Crippen molar-refractivity contribution in [3.05, 3.63) is 0 Å². The lowest BCUT2D eigenvalue weighted by Gasteiger charge is -2.29. The van der Waals surface area contributed by atoms with E-state index in [9.17, 15) is 29.1 Å². The van der Waals surface area contributed by atoms with E-state index in [1.807, 2.05) is 0 Å². The number of likely N-dealkylation sites (tertiary alicyclic amines) is 1. The van der Waals surface area contributed by atoms with Crippen molar-refractivity contribution in [2.75, 3.05) is 19.6 Å². The van der Waals surface area contributed by atoms with Crippen molar-refractivity contribution in [1.82, 2.24) is 15.5 Å². The van der Waals surface area contributed by atoms with Crippen LogP contribution in [0.5, 0.6) is 0 Å². The first-order valence-electron chi connectivity index (χ1n) is 11.9. The number of carboxylic acids is 1. The van der Waals surface area contributed by atoms with E-state index in [2.05, 4.69) is 15.6 Å². The standard InChI is InChI=1S/C21H39N9O6/c22-8-2-1-5-13(28-17(32)12(23)11-16(24)31)18(33)29-14(6-3-9-27-21(25)26)19(34)30-10-4-7-15(30)20(35)36/h12-15H,1-11,22-23H2,(H2,24,31)(H,28,32)(H,29,33)(H,35,36)(H4,25,26,27). The first-order valence-corrected chi connectivity index (χ1v) is 11.9. The minimum atomic E-state index is -1.25. The van der Waals surface area contributed by atoms with Crippen LogP contribution in [0.4, 0.5) is 0 Å². The third-order valence-electron chi connectivity index (χ3n) is 5.72. The monoisotopic (exact) mass is 513 g/mol. The number of nitrogens with zero attached hydrogens (tertiary/aromatic N) is 2. The molecule has 1 saturated heterocycles. The summed E-state index contributed by atoms with van der Waals surface area (Å²) in [6.45, 7) is 0.818. The number of hydrogen-bond donors (Lipinski definition) is 8. The number of primary amides is 1. The molecule has 1 rings (SSSR count). The van der Waals surface area contributed by atoms with E-state index in [-0.39, 0.29) is 31.9 Å². The zero-order valence-corrected chi connectivity index (χ0v) is 20.4. The lowest BCUT2D eigenvalue weighted by Crippen LogP contribution is -2.57. The Morgan fingerprint density at radius 1 is 0.972 bits per heavy atom. The summed E-state index contributed by atoms with van der Waals surface area (Å²) in [7, 11) is 0. The van der Waals surface area contributed by atoms with Crippen LogP contribution in [0.2, 0.25) is 0 Å². The average molecular weight is 514 g/mol. The van der Waals surface area contributed by atoms with Gasteiger partial charge in [-0.05, 0) is 51.5 Å². The highest BCUT2D eigenvalue weighted by Crippen LogP contribution is 2.20. The average Bonchev–Trinajstić information content (AvgIpc) is 3.29. The molecule has 0 bridgehead atoms. The molecule has 1 aliphatic rings. The number of carbonyl (C=O) groups is 5. The number of rotatable bonds is 16. The Labute approximate surface area is 209 Å². The Morgan fingerprint density at radius 3 is 2.19 bits per heavy atom. The van der Waals surface area contributed by atoms with Crippen molar-refractivity contribution in [1.29, 1.82) is 0 Å². The van der Waals surface area contributed by atoms with Crippen LogP contribution >= 0.6 is 0 Å². The molecule has 4 unspecified atom stereocenters. The molecule has 4 amide bonds. The van der Waals surface area contributed by atoms with Crippen LogP contribution in [0, 0.1) is 0 Å². The molecule has 36 heavy (non-hydrogen) atoms. The molecule has 15 nitrogen and oxygen atoms in total. The van der Waals surface area contributed by atoms with Gasteiger partial charge in [0, 0.05) is 13.1 Å². The van der Waals surface area contributed by atoms with Crippen LogP contribution < -0.4 is 39.3 Å². The molecule has 0 spiro atoms. The van der Waals surface area contributed by atoms with Crippen molar-refractivity contribution in [3.8, 4) is 0 Å². The second kappa shape index (κ2) is 15.5. The van der Waals surface area contributed by atoms with E-state index in [1.165, 1.54) is 4.90 Å². The predicted octanol–water partition coefficient (Wildman–Crippen LogP) is -3.58. The van der Waals surface area contributed by atoms with E-state index in [0.717, 1.165) is 0 Å². The molecule has 0 aliphatic carbocycles. The zero-order valence-electron chi connectivity index (χ0n) is 20.4. The maximum absolute atomic E-state index is 13.2. The maximum Gasteiger partial charge on any atom is 0.326 e. The molecule has 4 atom stereocenters. The molecular formula is C21H39N9O6. The summed E-state index contributed by atoms with van der Waals surface area (Å²) in [5.74, 6) is -3.97. The molecule has 1 fully saturated rings. The summed E-state index contributed by atoms with van der Waals surface area (Å²) in [6.07, 6.45) is 2.17. The summed E-state index contributed by atoms with van der Waals surface area (Å²) >= 11 is 0. The number of nitrogens with two attached hydrogens (primary N) is 5. The normalized spacial score (nSPS) is 17.5. The first kappa shape index (κ1) is 30.6. The summed E-state index contributed by atoms with van der Waals surface area (Å²) in [5, 5.41) is 14.6. The van der Waals surface area contributed by atoms with Gasteiger partial charge in [0.15, 0.2) is 5.96 Å². The molecule has 0 aromatic carbocycles. The summed E-state index contributed by atoms with van der Waals surface area (Å²) < 4.78 is 0. The number of nitrogens with one attached hydrogen (secondary N) is 2. The van der Waals surface area contributed by atoms with Gasteiger partial charge in [0.2, 0.25) is 23.6 Å². The lowest BCUT2D eigenvalue weighted by atomic mass is 10.0. The van der Waals surface area contributed by atoms with Crippen LogP contribution in [0.1, 0.15) is 51.4 Å². The Bertz CT molecular complexity index is 818. The summed E-state index contributed by atoms with van der Waals surface area (Å²) in [5.41, 5.74) is 27.0. The molecule has 0 radical (unpaired) electrons. The molecule has 0 aromatic rings. The number of guanidine groups is 1. The highest BCUT2D eigenvalue weighted by atomic mass is 16.4. The number of aliphatic imine (C=N–C) groups is 1. The van der Waals surface area contributed by atoms with Gasteiger partial charge >= 0.3 is 5.97 Å². The van der Waals surface area contributed by atoms with Gasteiger partial charge in [-0.25, -0.2) is 4.79 Å². The highest BCUT2D eigenvalue weighted by molar-refractivity contribution is 5.95. The van der Waals surface area contributed by atoms with E-state index in [0.29, 0.717) is 38.6 Å². The molecule has 15 heteroatoms. The fraction of sp³-hybridized carbons (Fsp3) is 0.714. The second-order valence-corrected chi connectivity index (χ2v) is 8.66. The Hall–Kier alpha value is -3.46. The fourth-order valence-corrected chi connectivity index (χ4v) is 3.87. The van der Waals surface area contributed by atoms with Gasteiger partial charge in [-0.15, -0.1) is 0 Å². The smallest absolute Gasteiger partial charge is 0.326 e. The predicted molar refractivity (Wildman–Crippen MR) is 131 cm³/mol. The molecule has 0 aromatic heterocycles. The molecule has 1 heterocycles. The number of aliphatic carboxylic acids is 1. The van der Waals surface area contributed by atoms with Crippen LogP contribution in [0.15, 0.2) is 4.99 Å². The Kier molecular flexibility index (Phi) is 13.2. The Balaban J connectivity index is 3.03. The van der Waals surface area contributed by atoms with E-state index in [4.69, 9.17) is 28.7 Å². The van der Waals surface area contributed by atoms with Gasteiger partial charge in [-0.2, -0.15) is 0 Å². The third-order valence-corrected chi connectivity index (χ3v) is 5.72. The largest absolute Gasteiger partial charge is 0.480 e. The van der Waals surface area contributed by atoms with Gasteiger partial charge in [-0.3, -0.25) is 24.2 Å². The number of hydrogen-bond acceptors (Lipinski definition) is 8. The van der Waals surface area contributed by atoms with Crippen molar-refractivity contribution in [2.24, 2.45) is 33.7 Å². The fourth-order valence-electron chi connectivity index (χ4n) is 3.87. The van der Waals surface area contributed by atoms with Crippen LogP contribution in [-0.4, -0.2) is 89.4 Å². The van der Waals surface area contributed by atoms with E-state index < -0.39 is 60.2 Å². The molecule has 204 valence electrons. The summed E-state index contributed by atoms with van der Waals surface area (Å²) in [4.78, 5) is 66.6. The van der Waals surface area contributed by atoms with Crippen molar-refractivity contribution >= 4 is 35.6 Å². The molecule has 0 saturated carbocycles. The number of amides is 4. The first-order chi connectivity index (χ1) is 17.0. The minimum absolute atomic E-state index is 0.123. The third kappa shape index (κ3) is 10.4. The number of unbranched alkanes of at least 4 members (excludes halogenated alkanes) is 1. The van der Waals surface area contributed by atoms with Crippen molar-refractivity contribution in [2.45, 2.75) is 75.5 Å². The Morgan fingerprint density at radius 2 is 1.61 bits per heavy atom. The topological polar surface area (TPSA) is 275 Å².